The molecule has 0 saturated carbocycles. The molecular formula is C25H33N3O7S. The minimum Gasteiger partial charge on any atom is -0.497 e. The van der Waals surface area contributed by atoms with Crippen LogP contribution in [0.4, 0.5) is 5.69 Å². The molecule has 1 aliphatic heterocycles. The predicted octanol–water partition coefficient (Wildman–Crippen LogP) is 2.52. The van der Waals surface area contributed by atoms with Crippen molar-refractivity contribution in [1.29, 1.82) is 0 Å². The second-order valence-corrected chi connectivity index (χ2v) is 10.5. The number of fused-ring (bicyclic) bond motifs is 1. The summed E-state index contributed by atoms with van der Waals surface area (Å²) in [5.41, 5.74) is 1.02. The topological polar surface area (TPSA) is 114 Å². The molecule has 0 unspecified atom stereocenters. The molecule has 1 aliphatic rings. The lowest BCUT2D eigenvalue weighted by molar-refractivity contribution is -0.139. The second-order valence-electron chi connectivity index (χ2n) is 8.28. The Hall–Kier alpha value is -3.47. The van der Waals surface area contributed by atoms with Gasteiger partial charge in [0.05, 0.1) is 18.6 Å². The fourth-order valence-corrected chi connectivity index (χ4v) is 4.76. The van der Waals surface area contributed by atoms with Crippen LogP contribution in [0.3, 0.4) is 0 Å². The van der Waals surface area contributed by atoms with Gasteiger partial charge in [0.15, 0.2) is 11.5 Å². The molecule has 196 valence electrons. The number of carbonyl (C=O) groups excluding carboxylic acids is 2. The first-order valence-electron chi connectivity index (χ1n) is 11.8. The smallest absolute Gasteiger partial charge is 0.244 e. The summed E-state index contributed by atoms with van der Waals surface area (Å²) in [6.45, 7) is 5.19. The van der Waals surface area contributed by atoms with E-state index in [0.717, 1.165) is 16.3 Å². The van der Waals surface area contributed by atoms with Crippen LogP contribution in [0.2, 0.25) is 0 Å². The van der Waals surface area contributed by atoms with E-state index >= 15 is 0 Å². The Labute approximate surface area is 212 Å². The van der Waals surface area contributed by atoms with Crippen LogP contribution in [0.5, 0.6) is 17.2 Å². The molecule has 0 bridgehead atoms. The van der Waals surface area contributed by atoms with E-state index in [1.807, 2.05) is 13.0 Å². The maximum Gasteiger partial charge on any atom is 0.244 e. The van der Waals surface area contributed by atoms with Crippen molar-refractivity contribution in [3.05, 3.63) is 48.0 Å². The Balaban J connectivity index is 1.93. The normalized spacial score (nSPS) is 13.1. The van der Waals surface area contributed by atoms with Crippen molar-refractivity contribution in [2.45, 2.75) is 39.8 Å². The highest BCUT2D eigenvalue weighted by molar-refractivity contribution is 7.92. The summed E-state index contributed by atoms with van der Waals surface area (Å²) in [4.78, 5) is 27.8. The lowest BCUT2D eigenvalue weighted by Crippen LogP contribution is -2.51. The zero-order chi connectivity index (χ0) is 26.3. The molecule has 2 amide bonds. The Morgan fingerprint density at radius 1 is 1.11 bits per heavy atom. The van der Waals surface area contributed by atoms with E-state index in [1.54, 1.807) is 44.4 Å². The van der Waals surface area contributed by atoms with Gasteiger partial charge < -0.3 is 24.4 Å². The van der Waals surface area contributed by atoms with Gasteiger partial charge in [-0.15, -0.1) is 0 Å². The first kappa shape index (κ1) is 27.1. The van der Waals surface area contributed by atoms with Crippen LogP contribution in [0.15, 0.2) is 42.5 Å². The SMILES string of the molecule is CCCNC(=O)[C@H](C)N(Cc1cccc(OC)c1)C(=O)CN(c1ccc2c(c1)OCO2)S(=O)(=O)CC. The molecule has 0 spiro atoms. The Morgan fingerprint density at radius 3 is 2.56 bits per heavy atom. The molecular weight excluding hydrogens is 486 g/mol. The van der Waals surface area contributed by atoms with Gasteiger partial charge in [0.2, 0.25) is 28.6 Å². The highest BCUT2D eigenvalue weighted by Gasteiger charge is 2.31. The van der Waals surface area contributed by atoms with Crippen molar-refractivity contribution < 1.29 is 32.2 Å². The van der Waals surface area contributed by atoms with Gasteiger partial charge >= 0.3 is 0 Å². The third-order valence-corrected chi connectivity index (χ3v) is 7.57. The van der Waals surface area contributed by atoms with Crippen molar-refractivity contribution in [1.82, 2.24) is 10.2 Å². The van der Waals surface area contributed by atoms with Gasteiger partial charge in [0.1, 0.15) is 18.3 Å². The second kappa shape index (κ2) is 12.0. The fourth-order valence-electron chi connectivity index (χ4n) is 3.71. The third kappa shape index (κ3) is 6.39. The Bertz CT molecular complexity index is 1190. The van der Waals surface area contributed by atoms with Gasteiger partial charge in [-0.05, 0) is 50.1 Å². The van der Waals surface area contributed by atoms with E-state index < -0.39 is 28.5 Å². The Kier molecular flexibility index (Phi) is 9.03. The number of benzene rings is 2. The average molecular weight is 520 g/mol. The van der Waals surface area contributed by atoms with Gasteiger partial charge in [-0.3, -0.25) is 13.9 Å². The largest absolute Gasteiger partial charge is 0.497 e. The molecule has 11 heteroatoms. The van der Waals surface area contributed by atoms with Crippen LogP contribution in [0, 0.1) is 0 Å². The lowest BCUT2D eigenvalue weighted by atomic mass is 10.1. The summed E-state index contributed by atoms with van der Waals surface area (Å²) in [6, 6.07) is 11.0. The number of methoxy groups -OCH3 is 1. The fraction of sp³-hybridized carbons (Fsp3) is 0.440. The van der Waals surface area contributed by atoms with Crippen molar-refractivity contribution in [3.8, 4) is 17.2 Å². The van der Waals surface area contributed by atoms with Gasteiger partial charge in [-0.2, -0.15) is 0 Å². The molecule has 2 aromatic carbocycles. The summed E-state index contributed by atoms with van der Waals surface area (Å²) in [5, 5.41) is 2.81. The van der Waals surface area contributed by atoms with Crippen LogP contribution in [-0.4, -0.2) is 63.9 Å². The van der Waals surface area contributed by atoms with Crippen LogP contribution in [0.25, 0.3) is 0 Å². The maximum absolute atomic E-state index is 13.7. The van der Waals surface area contributed by atoms with Gasteiger partial charge in [-0.1, -0.05) is 19.1 Å². The molecule has 1 N–H and O–H groups in total. The van der Waals surface area contributed by atoms with E-state index in [9.17, 15) is 18.0 Å². The molecule has 3 rings (SSSR count). The number of rotatable bonds is 12. The molecule has 0 radical (unpaired) electrons. The molecule has 0 fully saturated rings. The summed E-state index contributed by atoms with van der Waals surface area (Å²) in [5.74, 6) is 0.458. The zero-order valence-corrected chi connectivity index (χ0v) is 21.8. The monoisotopic (exact) mass is 519 g/mol. The van der Waals surface area contributed by atoms with E-state index in [0.29, 0.717) is 23.8 Å². The van der Waals surface area contributed by atoms with Crippen LogP contribution < -0.4 is 23.8 Å². The standard InChI is InChI=1S/C25H33N3O7S/c1-5-12-26-25(30)18(3)27(15-19-8-7-9-21(13-19)33-4)24(29)16-28(36(31,32)6-2)20-10-11-22-23(14-20)35-17-34-22/h7-11,13-14,18H,5-6,12,15-17H2,1-4H3,(H,26,30)/t18-/m0/s1. The first-order chi connectivity index (χ1) is 17.2. The van der Waals surface area contributed by atoms with Crippen molar-refractivity contribution in [3.63, 3.8) is 0 Å². The molecule has 1 heterocycles. The predicted molar refractivity (Wildman–Crippen MR) is 136 cm³/mol. The number of nitrogens with one attached hydrogen (secondary N) is 1. The quantitative estimate of drug-likeness (QED) is 0.458. The third-order valence-electron chi connectivity index (χ3n) is 5.83. The van der Waals surface area contributed by atoms with E-state index in [1.165, 1.54) is 17.9 Å². The van der Waals surface area contributed by atoms with Crippen LogP contribution >= 0.6 is 0 Å². The number of sulfonamides is 1. The number of carbonyl (C=O) groups is 2. The molecule has 2 aromatic rings. The van der Waals surface area contributed by atoms with Gasteiger partial charge in [-0.25, -0.2) is 8.42 Å². The first-order valence-corrected chi connectivity index (χ1v) is 13.4. The number of hydrogen-bond acceptors (Lipinski definition) is 7. The van der Waals surface area contributed by atoms with Crippen molar-refractivity contribution >= 4 is 27.5 Å². The highest BCUT2D eigenvalue weighted by atomic mass is 32.2. The zero-order valence-electron chi connectivity index (χ0n) is 21.0. The average Bonchev–Trinajstić information content (AvgIpc) is 3.36. The van der Waals surface area contributed by atoms with Crippen molar-refractivity contribution in [2.75, 3.05) is 37.1 Å². The molecule has 36 heavy (non-hydrogen) atoms. The van der Waals surface area contributed by atoms with Crippen molar-refractivity contribution in [2.24, 2.45) is 0 Å². The molecule has 0 aliphatic carbocycles. The molecule has 0 aromatic heterocycles. The minimum absolute atomic E-state index is 0.0386. The molecule has 10 nitrogen and oxygen atoms in total. The highest BCUT2D eigenvalue weighted by Crippen LogP contribution is 2.36. The maximum atomic E-state index is 13.7. The summed E-state index contributed by atoms with van der Waals surface area (Å²) in [6.07, 6.45) is 0.745. The summed E-state index contributed by atoms with van der Waals surface area (Å²) < 4.78 is 43.1. The van der Waals surface area contributed by atoms with Gasteiger partial charge in [0, 0.05) is 19.2 Å². The number of amides is 2. The molecule has 0 saturated heterocycles. The Morgan fingerprint density at radius 2 is 1.86 bits per heavy atom. The number of ether oxygens (including phenoxy) is 3. The summed E-state index contributed by atoms with van der Waals surface area (Å²) >= 11 is 0. The van der Waals surface area contributed by atoms with E-state index in [2.05, 4.69) is 5.32 Å². The molecule has 1 atom stereocenters. The van der Waals surface area contributed by atoms with Crippen LogP contribution in [0.1, 0.15) is 32.8 Å². The van der Waals surface area contributed by atoms with E-state index in [4.69, 9.17) is 14.2 Å². The number of nitrogens with zero attached hydrogens (tertiary/aromatic N) is 2. The number of anilines is 1. The summed E-state index contributed by atoms with van der Waals surface area (Å²) in [7, 11) is -2.29. The van der Waals surface area contributed by atoms with Crippen LogP contribution in [-0.2, 0) is 26.2 Å². The van der Waals surface area contributed by atoms with E-state index in [-0.39, 0.29) is 30.7 Å². The number of hydrogen-bond donors (Lipinski definition) is 1. The van der Waals surface area contributed by atoms with Gasteiger partial charge in [0.25, 0.3) is 0 Å². The minimum atomic E-state index is -3.83. The lowest BCUT2D eigenvalue weighted by Gasteiger charge is -2.32.